The van der Waals surface area contributed by atoms with Gasteiger partial charge in [0.15, 0.2) is 0 Å². The van der Waals surface area contributed by atoms with Crippen LogP contribution in [-0.4, -0.2) is 87.9 Å². The quantitative estimate of drug-likeness (QED) is 0.181. The zero-order valence-electron chi connectivity index (χ0n) is 29.0. The first-order valence-corrected chi connectivity index (χ1v) is 19.8. The van der Waals surface area contributed by atoms with Crippen molar-refractivity contribution < 1.29 is 40.6 Å². The zero-order chi connectivity index (χ0) is 36.6. The first-order valence-electron chi connectivity index (χ1n) is 16.9. The molecule has 6 rings (SSSR count). The SMILES string of the molecule is COCC1(CN[C@@H]2C[C@H]2c2ccccc2)CCN(CC2(C(=O)O)CCC2)CC1.Cc1ccccc1S(=O)(=O)O.Cc1ccccc1S(=O)(=O)O. The first-order chi connectivity index (χ1) is 23.6. The highest BCUT2D eigenvalue weighted by Gasteiger charge is 2.47. The number of carbonyl (C=O) groups is 1. The second-order valence-electron chi connectivity index (χ2n) is 13.9. The first kappa shape index (κ1) is 39.6. The van der Waals surface area contributed by atoms with Crippen LogP contribution in [0.5, 0.6) is 0 Å². The summed E-state index contributed by atoms with van der Waals surface area (Å²) >= 11 is 0. The van der Waals surface area contributed by atoms with Crippen LogP contribution in [0.1, 0.15) is 61.1 Å². The van der Waals surface area contributed by atoms with E-state index in [1.807, 2.05) is 0 Å². The molecule has 3 aromatic carbocycles. The molecule has 13 heteroatoms. The number of nitrogens with one attached hydrogen (secondary N) is 1. The van der Waals surface area contributed by atoms with E-state index in [0.717, 1.165) is 64.9 Å². The zero-order valence-corrected chi connectivity index (χ0v) is 30.6. The van der Waals surface area contributed by atoms with E-state index >= 15 is 0 Å². The molecular formula is C37H50N2O9S2. The van der Waals surface area contributed by atoms with Crippen LogP contribution in [0.25, 0.3) is 0 Å². The molecule has 1 saturated heterocycles. The van der Waals surface area contributed by atoms with Crippen LogP contribution in [0, 0.1) is 24.7 Å². The van der Waals surface area contributed by atoms with E-state index in [4.69, 9.17) is 13.8 Å². The molecule has 2 atom stereocenters. The van der Waals surface area contributed by atoms with Crippen LogP contribution < -0.4 is 5.32 Å². The molecule has 0 spiro atoms. The van der Waals surface area contributed by atoms with Crippen molar-refractivity contribution in [3.63, 3.8) is 0 Å². The lowest BCUT2D eigenvalue weighted by molar-refractivity contribution is -0.157. The Morgan fingerprint density at radius 2 is 1.32 bits per heavy atom. The summed E-state index contributed by atoms with van der Waals surface area (Å²) in [4.78, 5) is 14.0. The van der Waals surface area contributed by atoms with Crippen LogP contribution in [-0.2, 0) is 29.8 Å². The lowest BCUT2D eigenvalue weighted by atomic mass is 9.68. The number of likely N-dealkylation sites (tertiary alicyclic amines) is 1. The summed E-state index contributed by atoms with van der Waals surface area (Å²) in [7, 11) is -6.27. The van der Waals surface area contributed by atoms with Crippen molar-refractivity contribution in [3.8, 4) is 0 Å². The largest absolute Gasteiger partial charge is 0.481 e. The molecule has 0 radical (unpaired) electrons. The van der Waals surface area contributed by atoms with Crippen molar-refractivity contribution in [2.24, 2.45) is 10.8 Å². The number of hydrogen-bond acceptors (Lipinski definition) is 8. The molecule has 3 aromatic rings. The van der Waals surface area contributed by atoms with E-state index in [1.165, 1.54) is 24.1 Å². The topological polar surface area (TPSA) is 171 Å². The van der Waals surface area contributed by atoms with Crippen molar-refractivity contribution in [1.82, 2.24) is 10.2 Å². The third-order valence-electron chi connectivity index (χ3n) is 10.2. The van der Waals surface area contributed by atoms with Gasteiger partial charge in [0.1, 0.15) is 0 Å². The lowest BCUT2D eigenvalue weighted by Crippen LogP contribution is -2.53. The van der Waals surface area contributed by atoms with Crippen molar-refractivity contribution in [2.75, 3.05) is 39.9 Å². The molecular weight excluding hydrogens is 681 g/mol. The van der Waals surface area contributed by atoms with Crippen LogP contribution in [0.3, 0.4) is 0 Å². The van der Waals surface area contributed by atoms with Gasteiger partial charge in [0.05, 0.1) is 21.8 Å². The Kier molecular flexibility index (Phi) is 13.4. The molecule has 4 N–H and O–H groups in total. The van der Waals surface area contributed by atoms with E-state index in [1.54, 1.807) is 57.4 Å². The number of piperidine rings is 1. The van der Waals surface area contributed by atoms with E-state index in [2.05, 4.69) is 40.5 Å². The maximum Gasteiger partial charge on any atom is 0.310 e. The summed E-state index contributed by atoms with van der Waals surface area (Å²) in [5.74, 6) is 0.0461. The summed E-state index contributed by atoms with van der Waals surface area (Å²) in [6, 6.07) is 23.9. The van der Waals surface area contributed by atoms with Gasteiger partial charge in [0.25, 0.3) is 20.2 Å². The summed E-state index contributed by atoms with van der Waals surface area (Å²) < 4.78 is 65.3. The fourth-order valence-electron chi connectivity index (χ4n) is 6.86. The highest BCUT2D eigenvalue weighted by molar-refractivity contribution is 7.86. The summed E-state index contributed by atoms with van der Waals surface area (Å²) in [6.45, 7) is 7.71. The molecule has 0 bridgehead atoms. The van der Waals surface area contributed by atoms with Gasteiger partial charge in [0, 0.05) is 37.6 Å². The minimum atomic E-state index is -4.03. The van der Waals surface area contributed by atoms with E-state index in [-0.39, 0.29) is 15.2 Å². The third kappa shape index (κ3) is 10.7. The summed E-state index contributed by atoms with van der Waals surface area (Å²) in [5, 5.41) is 13.4. The number of aryl methyl sites for hydroxylation is 2. The molecule has 2 saturated carbocycles. The number of rotatable bonds is 11. The van der Waals surface area contributed by atoms with Crippen molar-refractivity contribution in [2.45, 2.75) is 74.1 Å². The molecule has 50 heavy (non-hydrogen) atoms. The number of carboxylic acids is 1. The maximum absolute atomic E-state index is 11.7. The highest BCUT2D eigenvalue weighted by Crippen LogP contribution is 2.44. The smallest absolute Gasteiger partial charge is 0.310 e. The van der Waals surface area contributed by atoms with E-state index in [0.29, 0.717) is 23.1 Å². The van der Waals surface area contributed by atoms with E-state index < -0.39 is 31.6 Å². The van der Waals surface area contributed by atoms with Gasteiger partial charge in [-0.2, -0.15) is 16.8 Å². The minimum Gasteiger partial charge on any atom is -0.481 e. The molecule has 3 aliphatic rings. The standard InChI is InChI=1S/C23H34N2O3.2C7H8O3S/c1-28-17-22(15-24-20-14-19(20)18-6-3-2-4-7-18)10-12-25(13-11-22)16-23(21(26)27)8-5-9-23;2*1-6-4-2-3-5-7(6)11(8,9)10/h2-4,6-7,19-20,24H,5,8-17H2,1H3,(H,26,27);2*2-5H,1H3,(H,8,9,10)/t19-,20+;;/m0../s1. The Balaban J connectivity index is 0.000000209. The predicted octanol–water partition coefficient (Wildman–Crippen LogP) is 5.60. The van der Waals surface area contributed by atoms with Crippen LogP contribution in [0.4, 0.5) is 0 Å². The minimum absolute atomic E-state index is 0.0278. The number of hydrogen-bond donors (Lipinski definition) is 4. The average Bonchev–Trinajstić information content (AvgIpc) is 3.83. The van der Waals surface area contributed by atoms with Gasteiger partial charge in [0.2, 0.25) is 0 Å². The van der Waals surface area contributed by atoms with E-state index in [9.17, 15) is 26.7 Å². The average molecular weight is 731 g/mol. The molecule has 0 aromatic heterocycles. The molecule has 0 unspecified atom stereocenters. The van der Waals surface area contributed by atoms with Gasteiger partial charge in [-0.25, -0.2) is 0 Å². The Morgan fingerprint density at radius 3 is 1.72 bits per heavy atom. The number of ether oxygens (including phenoxy) is 1. The van der Waals surface area contributed by atoms with Gasteiger partial charge < -0.3 is 20.1 Å². The second-order valence-corrected chi connectivity index (χ2v) is 16.6. The molecule has 1 aliphatic heterocycles. The Bertz CT molecular complexity index is 1710. The van der Waals surface area contributed by atoms with Crippen molar-refractivity contribution in [3.05, 3.63) is 95.6 Å². The fraction of sp³-hybridized carbons (Fsp3) is 0.486. The Hall–Kier alpha value is -3.17. The normalized spacial score (nSPS) is 21.0. The molecule has 274 valence electrons. The molecule has 2 aliphatic carbocycles. The number of carboxylic acid groups (broad SMARTS) is 1. The second kappa shape index (κ2) is 16.9. The van der Waals surface area contributed by atoms with Crippen LogP contribution >= 0.6 is 0 Å². The monoisotopic (exact) mass is 730 g/mol. The van der Waals surface area contributed by atoms with Gasteiger partial charge in [-0.05, 0) is 87.9 Å². The van der Waals surface area contributed by atoms with Gasteiger partial charge in [-0.1, -0.05) is 73.2 Å². The fourth-order valence-corrected chi connectivity index (χ4v) is 8.31. The maximum atomic E-state index is 11.7. The molecule has 1 heterocycles. The number of benzene rings is 3. The Labute approximate surface area is 296 Å². The molecule has 11 nitrogen and oxygen atoms in total. The van der Waals surface area contributed by atoms with Crippen molar-refractivity contribution >= 4 is 26.2 Å². The van der Waals surface area contributed by atoms with Gasteiger partial charge >= 0.3 is 5.97 Å². The van der Waals surface area contributed by atoms with Gasteiger partial charge in [-0.3, -0.25) is 13.9 Å². The summed E-state index contributed by atoms with van der Waals surface area (Å²) in [5.41, 5.74) is 2.24. The summed E-state index contributed by atoms with van der Waals surface area (Å²) in [6.07, 6.45) is 6.11. The van der Waals surface area contributed by atoms with Gasteiger partial charge in [-0.15, -0.1) is 0 Å². The van der Waals surface area contributed by atoms with Crippen molar-refractivity contribution in [1.29, 1.82) is 0 Å². The Morgan fingerprint density at radius 1 is 0.820 bits per heavy atom. The molecule has 0 amide bonds. The number of nitrogens with zero attached hydrogens (tertiary/aromatic N) is 1. The number of aliphatic carboxylic acids is 1. The predicted molar refractivity (Wildman–Crippen MR) is 191 cm³/mol. The molecule has 3 fully saturated rings. The number of methoxy groups -OCH3 is 1. The van der Waals surface area contributed by atoms with Crippen LogP contribution in [0.2, 0.25) is 0 Å². The lowest BCUT2D eigenvalue weighted by Gasteiger charge is -2.46. The van der Waals surface area contributed by atoms with Crippen LogP contribution in [0.15, 0.2) is 88.7 Å². The third-order valence-corrected chi connectivity index (χ3v) is 12.2. The highest BCUT2D eigenvalue weighted by atomic mass is 32.2.